The molecule has 45 heavy (non-hydrogen) atoms. The predicted molar refractivity (Wildman–Crippen MR) is 179 cm³/mol. The monoisotopic (exact) mass is 620 g/mol. The average Bonchev–Trinajstić information content (AvgIpc) is 3.05. The van der Waals surface area contributed by atoms with Gasteiger partial charge in [-0.3, -0.25) is 19.0 Å². The fourth-order valence-corrected chi connectivity index (χ4v) is 5.29. The molecule has 1 atom stereocenters. The fraction of sp³-hybridized carbons (Fsp3) is 0.600. The molecule has 10 nitrogen and oxygen atoms in total. The summed E-state index contributed by atoms with van der Waals surface area (Å²) in [6.07, 6.45) is 7.29. The molecule has 0 bridgehead atoms. The van der Waals surface area contributed by atoms with Crippen molar-refractivity contribution in [2.75, 3.05) is 26.2 Å². The standard InChI is InChI=1S/C35H52N6O4/c1-8-14-17-26(11-4)24-41-34(44)29(23-36)25(7)31(35(41)45)38-37-30-22-27(32(42)39(12-5)20-15-9-2)18-19-28(30)33(43)40(13-6)21-16-10-3/h18-19,22,26,44H,8-17,20-21,24H2,1-7H3. The number of amides is 2. The van der Waals surface area contributed by atoms with Crippen molar-refractivity contribution in [3.05, 3.63) is 50.8 Å². The van der Waals surface area contributed by atoms with Crippen molar-refractivity contribution in [3.8, 4) is 11.9 Å². The highest BCUT2D eigenvalue weighted by Gasteiger charge is 2.24. The Bertz CT molecular complexity index is 1420. The first-order chi connectivity index (χ1) is 21.6. The van der Waals surface area contributed by atoms with Crippen molar-refractivity contribution >= 4 is 23.2 Å². The van der Waals surface area contributed by atoms with Gasteiger partial charge in [0, 0.05) is 43.9 Å². The summed E-state index contributed by atoms with van der Waals surface area (Å²) in [6, 6.07) is 6.82. The van der Waals surface area contributed by atoms with Crippen LogP contribution in [-0.4, -0.2) is 57.5 Å². The van der Waals surface area contributed by atoms with E-state index in [0.717, 1.165) is 51.4 Å². The Morgan fingerprint density at radius 3 is 2.07 bits per heavy atom. The quantitative estimate of drug-likeness (QED) is 0.169. The molecule has 0 aliphatic carbocycles. The van der Waals surface area contributed by atoms with E-state index in [-0.39, 0.29) is 58.2 Å². The lowest BCUT2D eigenvalue weighted by molar-refractivity contribution is 0.0750. The number of carbonyl (C=O) groups is 2. The van der Waals surface area contributed by atoms with E-state index in [1.54, 1.807) is 34.9 Å². The molecule has 1 N–H and O–H groups in total. The van der Waals surface area contributed by atoms with E-state index in [9.17, 15) is 24.8 Å². The van der Waals surface area contributed by atoms with Crippen LogP contribution >= 0.6 is 0 Å². The third-order valence-electron chi connectivity index (χ3n) is 8.39. The van der Waals surface area contributed by atoms with Gasteiger partial charge in [-0.05, 0) is 64.2 Å². The second-order valence-electron chi connectivity index (χ2n) is 11.5. The number of aromatic nitrogens is 1. The van der Waals surface area contributed by atoms with E-state index >= 15 is 0 Å². The Labute approximate surface area is 268 Å². The second kappa shape index (κ2) is 18.7. The molecule has 0 radical (unpaired) electrons. The number of hydrogen-bond donors (Lipinski definition) is 1. The Hall–Kier alpha value is -4.00. The lowest BCUT2D eigenvalue weighted by Crippen LogP contribution is -2.33. The van der Waals surface area contributed by atoms with Gasteiger partial charge in [0.25, 0.3) is 17.4 Å². The lowest BCUT2D eigenvalue weighted by Gasteiger charge is -2.23. The molecule has 2 rings (SSSR count). The third kappa shape index (κ3) is 9.49. The Kier molecular flexibility index (Phi) is 15.5. The van der Waals surface area contributed by atoms with Crippen molar-refractivity contribution in [2.24, 2.45) is 16.1 Å². The molecule has 1 heterocycles. The van der Waals surface area contributed by atoms with Gasteiger partial charge in [-0.25, -0.2) is 0 Å². The van der Waals surface area contributed by atoms with Crippen LogP contribution in [0.2, 0.25) is 0 Å². The van der Waals surface area contributed by atoms with Crippen LogP contribution in [-0.2, 0) is 6.54 Å². The SMILES string of the molecule is CCCCC(CC)Cn1c(O)c(C#N)c(C)c(N=Nc2cc(C(=O)N(CC)CCCC)ccc2C(=O)N(CC)CCCC)c1=O. The minimum absolute atomic E-state index is 0.0413. The van der Waals surface area contributed by atoms with Crippen molar-refractivity contribution in [2.45, 2.75) is 106 Å². The highest BCUT2D eigenvalue weighted by molar-refractivity contribution is 6.02. The predicted octanol–water partition coefficient (Wildman–Crippen LogP) is 7.89. The summed E-state index contributed by atoms with van der Waals surface area (Å²) in [6.45, 7) is 16.1. The van der Waals surface area contributed by atoms with E-state index in [0.29, 0.717) is 31.7 Å². The van der Waals surface area contributed by atoms with Gasteiger partial charge in [-0.15, -0.1) is 10.2 Å². The van der Waals surface area contributed by atoms with Gasteiger partial charge in [0.05, 0.1) is 11.3 Å². The maximum Gasteiger partial charge on any atom is 0.281 e. The van der Waals surface area contributed by atoms with Crippen LogP contribution in [0.4, 0.5) is 11.4 Å². The molecule has 1 aromatic heterocycles. The molecule has 0 fully saturated rings. The lowest BCUT2D eigenvalue weighted by atomic mass is 9.99. The summed E-state index contributed by atoms with van der Waals surface area (Å²) in [4.78, 5) is 44.3. The van der Waals surface area contributed by atoms with Crippen molar-refractivity contribution in [3.63, 3.8) is 0 Å². The van der Waals surface area contributed by atoms with Gasteiger partial charge in [0.1, 0.15) is 11.6 Å². The highest BCUT2D eigenvalue weighted by atomic mass is 16.3. The number of benzene rings is 1. The number of unbranched alkanes of at least 4 members (excludes halogenated alkanes) is 3. The van der Waals surface area contributed by atoms with E-state index < -0.39 is 5.56 Å². The van der Waals surface area contributed by atoms with Crippen LogP contribution in [0.5, 0.6) is 5.88 Å². The van der Waals surface area contributed by atoms with Crippen LogP contribution in [0.3, 0.4) is 0 Å². The van der Waals surface area contributed by atoms with Crippen LogP contribution in [0.25, 0.3) is 0 Å². The van der Waals surface area contributed by atoms with Gasteiger partial charge < -0.3 is 14.9 Å². The molecular weight excluding hydrogens is 568 g/mol. The van der Waals surface area contributed by atoms with Crippen molar-refractivity contribution in [1.29, 1.82) is 5.26 Å². The summed E-state index contributed by atoms with van der Waals surface area (Å²) in [7, 11) is 0. The molecule has 10 heteroatoms. The van der Waals surface area contributed by atoms with Crippen molar-refractivity contribution < 1.29 is 14.7 Å². The van der Waals surface area contributed by atoms with Crippen molar-refractivity contribution in [1.82, 2.24) is 14.4 Å². The van der Waals surface area contributed by atoms with Crippen LogP contribution < -0.4 is 5.56 Å². The first-order valence-corrected chi connectivity index (χ1v) is 16.6. The number of rotatable bonds is 18. The van der Waals surface area contributed by atoms with E-state index in [4.69, 9.17) is 0 Å². The van der Waals surface area contributed by atoms with Gasteiger partial charge in [-0.2, -0.15) is 5.26 Å². The number of aromatic hydroxyl groups is 1. The molecule has 0 spiro atoms. The summed E-state index contributed by atoms with van der Waals surface area (Å²) in [5, 5.41) is 29.5. The zero-order valence-electron chi connectivity index (χ0n) is 28.4. The van der Waals surface area contributed by atoms with Gasteiger partial charge >= 0.3 is 0 Å². The Balaban J connectivity index is 2.73. The molecule has 2 amide bonds. The number of nitrogens with zero attached hydrogens (tertiary/aromatic N) is 6. The highest BCUT2D eigenvalue weighted by Crippen LogP contribution is 2.30. The molecular formula is C35H52N6O4. The molecule has 246 valence electrons. The maximum absolute atomic E-state index is 13.7. The van der Waals surface area contributed by atoms with Gasteiger partial charge in [0.2, 0.25) is 5.88 Å². The summed E-state index contributed by atoms with van der Waals surface area (Å²) in [5.41, 5.74) is 0.330. The second-order valence-corrected chi connectivity index (χ2v) is 11.5. The zero-order valence-corrected chi connectivity index (χ0v) is 28.4. The number of azo groups is 1. The molecule has 0 aliphatic rings. The number of nitriles is 1. The van der Waals surface area contributed by atoms with E-state index in [1.165, 1.54) is 4.57 Å². The average molecular weight is 621 g/mol. The van der Waals surface area contributed by atoms with Crippen LogP contribution in [0, 0.1) is 24.2 Å². The fourth-order valence-electron chi connectivity index (χ4n) is 5.29. The van der Waals surface area contributed by atoms with Crippen LogP contribution in [0.1, 0.15) is 125 Å². The van der Waals surface area contributed by atoms with Gasteiger partial charge in [-0.1, -0.05) is 59.8 Å². The van der Waals surface area contributed by atoms with E-state index in [1.807, 2.05) is 26.8 Å². The van der Waals surface area contributed by atoms with Gasteiger partial charge in [0.15, 0.2) is 5.69 Å². The van der Waals surface area contributed by atoms with Crippen LogP contribution in [0.15, 0.2) is 33.2 Å². The summed E-state index contributed by atoms with van der Waals surface area (Å²) < 4.78 is 1.21. The molecule has 0 saturated heterocycles. The molecule has 0 saturated carbocycles. The minimum Gasteiger partial charge on any atom is -0.493 e. The Morgan fingerprint density at radius 1 is 0.933 bits per heavy atom. The smallest absolute Gasteiger partial charge is 0.281 e. The Morgan fingerprint density at radius 2 is 1.53 bits per heavy atom. The first-order valence-electron chi connectivity index (χ1n) is 16.6. The largest absolute Gasteiger partial charge is 0.493 e. The molecule has 1 unspecified atom stereocenters. The zero-order chi connectivity index (χ0) is 33.5. The minimum atomic E-state index is -0.558. The molecule has 0 aliphatic heterocycles. The molecule has 2 aromatic rings. The first kappa shape index (κ1) is 37.2. The maximum atomic E-state index is 13.7. The number of pyridine rings is 1. The summed E-state index contributed by atoms with van der Waals surface area (Å²) >= 11 is 0. The molecule has 1 aromatic carbocycles. The normalized spacial score (nSPS) is 11.9. The number of carbonyl (C=O) groups excluding carboxylic acids is 2. The number of hydrogen-bond acceptors (Lipinski definition) is 7. The summed E-state index contributed by atoms with van der Waals surface area (Å²) in [5.74, 6) is -0.653. The van der Waals surface area contributed by atoms with E-state index in [2.05, 4.69) is 31.0 Å². The topological polar surface area (TPSA) is 131 Å². The third-order valence-corrected chi connectivity index (χ3v) is 8.39.